The first-order chi connectivity index (χ1) is 20.7. The average molecular weight is 666 g/mol. The highest BCUT2D eigenvalue weighted by atomic mass is 35.5. The lowest BCUT2D eigenvalue weighted by Gasteiger charge is -2.38. The molecule has 2 N–H and O–H groups in total. The van der Waals surface area contributed by atoms with Gasteiger partial charge in [0.15, 0.2) is 10.8 Å². The van der Waals surface area contributed by atoms with E-state index in [1.165, 1.54) is 6.07 Å². The molecule has 0 spiro atoms. The molecule has 2 aliphatic heterocycles. The molecule has 1 aromatic carbocycles. The third-order valence-electron chi connectivity index (χ3n) is 8.72. The molecule has 242 valence electrons. The third kappa shape index (κ3) is 6.31. The predicted molar refractivity (Wildman–Crippen MR) is 168 cm³/mol. The van der Waals surface area contributed by atoms with E-state index in [2.05, 4.69) is 14.8 Å². The molecule has 15 heteroatoms. The highest BCUT2D eigenvalue weighted by Gasteiger charge is 2.54. The minimum absolute atomic E-state index is 0. The largest absolute Gasteiger partial charge is 0.492 e. The van der Waals surface area contributed by atoms with E-state index in [1.54, 1.807) is 24.8 Å². The van der Waals surface area contributed by atoms with Gasteiger partial charge in [-0.3, -0.25) is 24.3 Å². The monoisotopic (exact) mass is 665 g/mol. The molecule has 10 nitrogen and oxygen atoms in total. The number of benzene rings is 1. The fourth-order valence-corrected chi connectivity index (χ4v) is 6.50. The van der Waals surface area contributed by atoms with Gasteiger partial charge in [-0.25, -0.2) is 4.98 Å². The van der Waals surface area contributed by atoms with Crippen LogP contribution < -0.4 is 20.3 Å². The van der Waals surface area contributed by atoms with E-state index in [4.69, 9.17) is 28.0 Å². The van der Waals surface area contributed by atoms with E-state index in [9.17, 15) is 22.8 Å². The van der Waals surface area contributed by atoms with E-state index in [-0.39, 0.29) is 29.1 Å². The van der Waals surface area contributed by atoms with Crippen LogP contribution in [0.3, 0.4) is 0 Å². The van der Waals surface area contributed by atoms with Crippen LogP contribution in [-0.4, -0.2) is 82.1 Å². The van der Waals surface area contributed by atoms with E-state index in [0.29, 0.717) is 31.0 Å². The molecule has 3 aliphatic rings. The standard InChI is InChI=1S/C30H34F3N7O3S.ClH/c1-4-19-15-20(5-6-24(19)43-14-13-37-9-11-38(12-10-37)29(7-8-29)25(35)41)40-27(44)39(26(42)28(40,2)3)21-16-22(30(31,32)33)23(17-34)36-18-21;/h5-6,15-16,18H,4,7-14H2,1-3H3,(H2,35,41);1H. The number of nitrogens with two attached hydrogens (primary N) is 1. The van der Waals surface area contributed by atoms with Gasteiger partial charge in [0, 0.05) is 38.4 Å². The van der Waals surface area contributed by atoms with Gasteiger partial charge in [0.1, 0.15) is 29.5 Å². The number of ether oxygens (including phenoxy) is 1. The van der Waals surface area contributed by atoms with Crippen molar-refractivity contribution in [1.82, 2.24) is 14.8 Å². The number of aromatic nitrogens is 1. The maximum atomic E-state index is 13.6. The van der Waals surface area contributed by atoms with Gasteiger partial charge in [-0.15, -0.1) is 12.4 Å². The first-order valence-corrected chi connectivity index (χ1v) is 14.8. The Morgan fingerprint density at radius 2 is 1.82 bits per heavy atom. The van der Waals surface area contributed by atoms with Crippen molar-refractivity contribution in [1.29, 1.82) is 5.26 Å². The summed E-state index contributed by atoms with van der Waals surface area (Å²) in [4.78, 5) is 36.2. The Labute approximate surface area is 271 Å². The third-order valence-corrected chi connectivity index (χ3v) is 9.08. The molecule has 0 bridgehead atoms. The molecule has 0 unspecified atom stereocenters. The van der Waals surface area contributed by atoms with Gasteiger partial charge in [0.05, 0.1) is 17.4 Å². The van der Waals surface area contributed by atoms with Crippen LogP contribution in [0.5, 0.6) is 5.75 Å². The number of carbonyl (C=O) groups excluding carboxylic acids is 2. The minimum atomic E-state index is -4.84. The van der Waals surface area contributed by atoms with Crippen molar-refractivity contribution in [2.75, 3.05) is 49.1 Å². The van der Waals surface area contributed by atoms with E-state index in [1.807, 2.05) is 19.1 Å². The zero-order chi connectivity index (χ0) is 32.0. The minimum Gasteiger partial charge on any atom is -0.492 e. The van der Waals surface area contributed by atoms with Crippen LogP contribution in [0, 0.1) is 11.3 Å². The maximum absolute atomic E-state index is 13.6. The van der Waals surface area contributed by atoms with Crippen LogP contribution in [-0.2, 0) is 22.2 Å². The fraction of sp³-hybridized carbons (Fsp3) is 0.500. The summed E-state index contributed by atoms with van der Waals surface area (Å²) in [5.74, 6) is -0.0661. The number of pyridine rings is 1. The van der Waals surface area contributed by atoms with Crippen molar-refractivity contribution < 1.29 is 27.5 Å². The normalized spacial score (nSPS) is 19.7. The summed E-state index contributed by atoms with van der Waals surface area (Å²) >= 11 is 5.65. The number of halogens is 4. The highest BCUT2D eigenvalue weighted by Crippen LogP contribution is 2.42. The Morgan fingerprint density at radius 3 is 2.38 bits per heavy atom. The number of alkyl halides is 3. The Balaban J connectivity index is 0.00000461. The van der Waals surface area contributed by atoms with Gasteiger partial charge >= 0.3 is 6.18 Å². The molecule has 5 rings (SSSR count). The zero-order valence-electron chi connectivity index (χ0n) is 25.2. The smallest absolute Gasteiger partial charge is 0.419 e. The van der Waals surface area contributed by atoms with E-state index < -0.39 is 34.4 Å². The molecule has 2 saturated heterocycles. The van der Waals surface area contributed by atoms with Crippen molar-refractivity contribution >= 4 is 52.9 Å². The van der Waals surface area contributed by atoms with Gasteiger partial charge in [-0.05, 0) is 75.2 Å². The summed E-state index contributed by atoms with van der Waals surface area (Å²) in [6.45, 7) is 9.66. The Morgan fingerprint density at radius 1 is 1.16 bits per heavy atom. The van der Waals surface area contributed by atoms with Crippen LogP contribution in [0.15, 0.2) is 30.5 Å². The second kappa shape index (κ2) is 12.7. The Kier molecular flexibility index (Phi) is 9.70. The summed E-state index contributed by atoms with van der Waals surface area (Å²) in [6, 6.07) is 7.63. The Bertz CT molecular complexity index is 1540. The second-order valence-corrected chi connectivity index (χ2v) is 12.1. The number of aryl methyl sites for hydroxylation is 1. The van der Waals surface area contributed by atoms with Crippen molar-refractivity contribution in [3.63, 3.8) is 0 Å². The molecule has 45 heavy (non-hydrogen) atoms. The van der Waals surface area contributed by atoms with Crippen molar-refractivity contribution in [2.45, 2.75) is 57.3 Å². The number of nitrogens with zero attached hydrogens (tertiary/aromatic N) is 6. The summed E-state index contributed by atoms with van der Waals surface area (Å²) in [7, 11) is 0. The number of rotatable bonds is 9. The molecule has 2 aromatic rings. The van der Waals surface area contributed by atoms with E-state index >= 15 is 0 Å². The molecule has 2 amide bonds. The molecular formula is C30H35ClF3N7O3S. The number of piperazine rings is 1. The molecule has 3 fully saturated rings. The van der Waals surface area contributed by atoms with Crippen LogP contribution in [0.25, 0.3) is 0 Å². The summed E-state index contributed by atoms with van der Waals surface area (Å²) in [6.07, 6.45) is -1.49. The van der Waals surface area contributed by atoms with Crippen LogP contribution >= 0.6 is 24.6 Å². The number of primary amides is 1. The number of hydrogen-bond donors (Lipinski definition) is 1. The number of thiocarbonyl (C=S) groups is 1. The lowest BCUT2D eigenvalue weighted by atomic mass is 10.0. The number of nitriles is 1. The lowest BCUT2D eigenvalue weighted by molar-refractivity contribution is -0.138. The SMILES string of the molecule is CCc1cc(N2C(=S)N(c3cnc(C#N)c(C(F)(F)F)c3)C(=O)C2(C)C)ccc1OCCN1CCN(C2(C(N)=O)CC2)CC1.Cl. The predicted octanol–water partition coefficient (Wildman–Crippen LogP) is 3.89. The molecule has 0 radical (unpaired) electrons. The number of hydrogen-bond acceptors (Lipinski definition) is 8. The van der Waals surface area contributed by atoms with Crippen molar-refractivity contribution in [2.24, 2.45) is 5.73 Å². The van der Waals surface area contributed by atoms with Crippen molar-refractivity contribution in [3.05, 3.63) is 47.3 Å². The zero-order valence-corrected chi connectivity index (χ0v) is 26.8. The lowest BCUT2D eigenvalue weighted by Crippen LogP contribution is -2.56. The van der Waals surface area contributed by atoms with Gasteiger partial charge in [0.2, 0.25) is 5.91 Å². The Hall–Kier alpha value is -3.51. The number of carbonyl (C=O) groups is 2. The topological polar surface area (TPSA) is 119 Å². The van der Waals surface area contributed by atoms with E-state index in [0.717, 1.165) is 61.7 Å². The number of amides is 2. The fourth-order valence-electron chi connectivity index (χ4n) is 5.98. The van der Waals surface area contributed by atoms with Gasteiger partial charge < -0.3 is 15.4 Å². The summed E-state index contributed by atoms with van der Waals surface area (Å²) in [5.41, 5.74) is 3.25. The van der Waals surface area contributed by atoms with Crippen LogP contribution in [0.2, 0.25) is 0 Å². The van der Waals surface area contributed by atoms with Crippen LogP contribution in [0.1, 0.15) is 50.4 Å². The summed E-state index contributed by atoms with van der Waals surface area (Å²) in [5, 5.41) is 9.11. The second-order valence-electron chi connectivity index (χ2n) is 11.7. The van der Waals surface area contributed by atoms with Gasteiger partial charge in [0.25, 0.3) is 5.91 Å². The first-order valence-electron chi connectivity index (χ1n) is 14.4. The molecule has 0 atom stereocenters. The maximum Gasteiger partial charge on any atom is 0.419 e. The molecule has 1 aliphatic carbocycles. The molecular weight excluding hydrogens is 631 g/mol. The molecule has 3 heterocycles. The highest BCUT2D eigenvalue weighted by molar-refractivity contribution is 7.81. The average Bonchev–Trinajstić information content (AvgIpc) is 3.77. The van der Waals surface area contributed by atoms with Gasteiger partial charge in [-0.1, -0.05) is 6.92 Å². The van der Waals surface area contributed by atoms with Crippen molar-refractivity contribution in [3.8, 4) is 11.8 Å². The molecule has 1 saturated carbocycles. The quantitative estimate of drug-likeness (QED) is 0.398. The van der Waals surface area contributed by atoms with Crippen LogP contribution in [0.4, 0.5) is 24.5 Å². The van der Waals surface area contributed by atoms with Gasteiger partial charge in [-0.2, -0.15) is 18.4 Å². The molecule has 1 aromatic heterocycles. The number of anilines is 2. The first kappa shape index (κ1) is 34.4. The summed E-state index contributed by atoms with van der Waals surface area (Å²) < 4.78 is 47.0.